The Morgan fingerprint density at radius 1 is 1.27 bits per heavy atom. The number of amides is 1. The normalized spacial score (nSPS) is 18.0. The Bertz CT molecular complexity index is 929. The van der Waals surface area contributed by atoms with Crippen molar-refractivity contribution in [1.29, 1.82) is 0 Å². The van der Waals surface area contributed by atoms with Crippen molar-refractivity contribution in [3.8, 4) is 0 Å². The number of nitrogens with zero attached hydrogens (tertiary/aromatic N) is 4. The minimum absolute atomic E-state index is 0.0112. The number of aryl methyl sites for hydroxylation is 1. The van der Waals surface area contributed by atoms with Crippen LogP contribution in [0.1, 0.15) is 61.7 Å². The monoisotopic (exact) mass is 351 g/mol. The Balaban J connectivity index is 1.66. The number of carbonyl (C=O) groups excluding carboxylic acids is 1. The van der Waals surface area contributed by atoms with Gasteiger partial charge in [0.15, 0.2) is 0 Å². The molecule has 1 amide bonds. The van der Waals surface area contributed by atoms with Gasteiger partial charge in [0.2, 0.25) is 0 Å². The molecule has 136 valence electrons. The number of hydrogen-bond acceptors (Lipinski definition) is 3. The van der Waals surface area contributed by atoms with Crippen LogP contribution in [0, 0.1) is 0 Å². The lowest BCUT2D eigenvalue weighted by Crippen LogP contribution is -2.32. The Morgan fingerprint density at radius 3 is 2.73 bits per heavy atom. The molecule has 0 bridgehead atoms. The number of aromatic nitrogens is 4. The zero-order valence-electron chi connectivity index (χ0n) is 15.8. The molecule has 3 aromatic rings. The number of benzene rings is 1. The molecule has 26 heavy (non-hydrogen) atoms. The van der Waals surface area contributed by atoms with Crippen LogP contribution in [-0.4, -0.2) is 37.1 Å². The molecule has 0 spiro atoms. The van der Waals surface area contributed by atoms with Gasteiger partial charge in [0.1, 0.15) is 11.5 Å². The van der Waals surface area contributed by atoms with Gasteiger partial charge in [-0.05, 0) is 31.0 Å². The van der Waals surface area contributed by atoms with Crippen LogP contribution < -0.4 is 0 Å². The number of likely N-dealkylation sites (tertiary alicyclic amines) is 1. The van der Waals surface area contributed by atoms with E-state index in [9.17, 15) is 4.79 Å². The Kier molecular flexibility index (Phi) is 3.86. The van der Waals surface area contributed by atoms with Crippen LogP contribution in [0.2, 0.25) is 0 Å². The molecule has 1 unspecified atom stereocenters. The Hall–Kier alpha value is -2.63. The van der Waals surface area contributed by atoms with Gasteiger partial charge in [-0.2, -0.15) is 5.10 Å². The van der Waals surface area contributed by atoms with Crippen molar-refractivity contribution in [3.05, 3.63) is 47.5 Å². The number of fused-ring (bicyclic) bond motifs is 1. The van der Waals surface area contributed by atoms with Crippen molar-refractivity contribution in [3.63, 3.8) is 0 Å². The first-order valence-corrected chi connectivity index (χ1v) is 9.15. The van der Waals surface area contributed by atoms with Gasteiger partial charge in [0.25, 0.3) is 5.91 Å². The maximum absolute atomic E-state index is 13.2. The molecule has 0 aliphatic carbocycles. The van der Waals surface area contributed by atoms with Crippen LogP contribution in [0.15, 0.2) is 30.3 Å². The van der Waals surface area contributed by atoms with Gasteiger partial charge in [-0.1, -0.05) is 32.9 Å². The predicted octanol–water partition coefficient (Wildman–Crippen LogP) is 3.57. The van der Waals surface area contributed by atoms with Gasteiger partial charge in [-0.25, -0.2) is 4.98 Å². The van der Waals surface area contributed by atoms with E-state index in [2.05, 4.69) is 30.9 Å². The Morgan fingerprint density at radius 2 is 2.04 bits per heavy atom. The zero-order chi connectivity index (χ0) is 18.5. The van der Waals surface area contributed by atoms with Gasteiger partial charge in [-0.3, -0.25) is 9.48 Å². The lowest BCUT2D eigenvalue weighted by molar-refractivity contribution is 0.0719. The second-order valence-corrected chi connectivity index (χ2v) is 8.08. The highest BCUT2D eigenvalue weighted by Gasteiger charge is 2.34. The highest BCUT2D eigenvalue weighted by molar-refractivity contribution is 5.93. The van der Waals surface area contributed by atoms with Crippen molar-refractivity contribution >= 4 is 16.9 Å². The highest BCUT2D eigenvalue weighted by atomic mass is 16.2. The summed E-state index contributed by atoms with van der Waals surface area (Å²) >= 11 is 0. The zero-order valence-corrected chi connectivity index (χ0v) is 15.8. The largest absolute Gasteiger partial charge is 0.340 e. The van der Waals surface area contributed by atoms with Crippen LogP contribution in [0.5, 0.6) is 0 Å². The molecule has 3 heterocycles. The van der Waals surface area contributed by atoms with Crippen molar-refractivity contribution in [2.75, 3.05) is 6.54 Å². The van der Waals surface area contributed by atoms with E-state index in [1.54, 1.807) is 4.68 Å². The molecule has 0 saturated carbocycles. The maximum atomic E-state index is 13.2. The van der Waals surface area contributed by atoms with Gasteiger partial charge in [-0.15, -0.1) is 0 Å². The molecule has 4 rings (SSSR count). The number of imidazole rings is 1. The molecule has 6 heteroatoms. The van der Waals surface area contributed by atoms with Crippen LogP contribution >= 0.6 is 0 Å². The molecular weight excluding hydrogens is 326 g/mol. The third kappa shape index (κ3) is 2.79. The summed E-state index contributed by atoms with van der Waals surface area (Å²) in [6, 6.07) is 9.90. The number of rotatable bonds is 2. The second-order valence-electron chi connectivity index (χ2n) is 8.08. The first-order chi connectivity index (χ1) is 12.3. The number of para-hydroxylation sites is 2. The average molecular weight is 351 g/mol. The average Bonchev–Trinajstić information content (AvgIpc) is 3.30. The van der Waals surface area contributed by atoms with Crippen LogP contribution in [0.25, 0.3) is 11.0 Å². The van der Waals surface area contributed by atoms with E-state index in [0.29, 0.717) is 5.69 Å². The van der Waals surface area contributed by atoms with E-state index < -0.39 is 0 Å². The fourth-order valence-electron chi connectivity index (χ4n) is 3.61. The van der Waals surface area contributed by atoms with E-state index >= 15 is 0 Å². The SMILES string of the molecule is Cn1nc(C(C)(C)C)cc1C(=O)N1CCCC1c1nc2ccccc2[nH]1. The molecule has 1 aliphatic rings. The summed E-state index contributed by atoms with van der Waals surface area (Å²) in [4.78, 5) is 23.3. The van der Waals surface area contributed by atoms with Gasteiger partial charge in [0, 0.05) is 19.0 Å². The molecule has 1 saturated heterocycles. The topological polar surface area (TPSA) is 66.8 Å². The lowest BCUT2D eigenvalue weighted by Gasteiger charge is -2.23. The van der Waals surface area contributed by atoms with Crippen molar-refractivity contribution in [2.45, 2.75) is 45.1 Å². The minimum atomic E-state index is -0.0839. The third-order valence-electron chi connectivity index (χ3n) is 5.10. The fourth-order valence-corrected chi connectivity index (χ4v) is 3.61. The van der Waals surface area contributed by atoms with Gasteiger partial charge < -0.3 is 9.88 Å². The lowest BCUT2D eigenvalue weighted by atomic mass is 9.92. The maximum Gasteiger partial charge on any atom is 0.272 e. The standard InChI is InChI=1S/C20H25N5O/c1-20(2,3)17-12-16(24(4)23-17)19(26)25-11-7-10-15(25)18-21-13-8-5-6-9-14(13)22-18/h5-6,8-9,12,15H,7,10-11H2,1-4H3,(H,21,22). The van der Waals surface area contributed by atoms with Crippen molar-refractivity contribution < 1.29 is 4.79 Å². The van der Waals surface area contributed by atoms with Crippen LogP contribution in [-0.2, 0) is 12.5 Å². The van der Waals surface area contributed by atoms with Gasteiger partial charge >= 0.3 is 0 Å². The molecule has 1 N–H and O–H groups in total. The van der Waals surface area contributed by atoms with Crippen LogP contribution in [0.4, 0.5) is 0 Å². The summed E-state index contributed by atoms with van der Waals surface area (Å²) in [6.45, 7) is 7.07. The number of H-pyrrole nitrogens is 1. The summed E-state index contributed by atoms with van der Waals surface area (Å²) in [5.74, 6) is 0.897. The van der Waals surface area contributed by atoms with Gasteiger partial charge in [0.05, 0.1) is 22.8 Å². The van der Waals surface area contributed by atoms with E-state index in [1.807, 2.05) is 42.3 Å². The summed E-state index contributed by atoms with van der Waals surface area (Å²) in [5.41, 5.74) is 3.44. The smallest absolute Gasteiger partial charge is 0.272 e. The molecule has 6 nitrogen and oxygen atoms in total. The molecular formula is C20H25N5O. The highest BCUT2D eigenvalue weighted by Crippen LogP contribution is 2.33. The molecule has 1 aromatic carbocycles. The van der Waals surface area contributed by atoms with E-state index in [-0.39, 0.29) is 17.4 Å². The number of carbonyl (C=O) groups is 1. The molecule has 1 aliphatic heterocycles. The molecule has 0 radical (unpaired) electrons. The Labute approximate surface area is 153 Å². The first kappa shape index (κ1) is 16.8. The number of hydrogen-bond donors (Lipinski definition) is 1. The molecule has 1 fully saturated rings. The summed E-state index contributed by atoms with van der Waals surface area (Å²) < 4.78 is 1.71. The number of nitrogens with one attached hydrogen (secondary N) is 1. The summed E-state index contributed by atoms with van der Waals surface area (Å²) in [7, 11) is 1.84. The van der Waals surface area contributed by atoms with Crippen molar-refractivity contribution in [2.24, 2.45) is 7.05 Å². The third-order valence-corrected chi connectivity index (χ3v) is 5.10. The minimum Gasteiger partial charge on any atom is -0.340 e. The summed E-state index contributed by atoms with van der Waals surface area (Å²) in [6.07, 6.45) is 1.91. The van der Waals surface area contributed by atoms with E-state index in [4.69, 9.17) is 4.98 Å². The van der Waals surface area contributed by atoms with E-state index in [1.165, 1.54) is 0 Å². The van der Waals surface area contributed by atoms with E-state index in [0.717, 1.165) is 41.9 Å². The predicted molar refractivity (Wildman–Crippen MR) is 101 cm³/mol. The van der Waals surface area contributed by atoms with Crippen molar-refractivity contribution in [1.82, 2.24) is 24.6 Å². The first-order valence-electron chi connectivity index (χ1n) is 9.15. The van der Waals surface area contributed by atoms with Crippen LogP contribution in [0.3, 0.4) is 0 Å². The molecule has 1 atom stereocenters. The summed E-state index contributed by atoms with van der Waals surface area (Å²) in [5, 5.41) is 4.55. The quantitative estimate of drug-likeness (QED) is 0.767. The second kappa shape index (κ2) is 5.97. The fraction of sp³-hybridized carbons (Fsp3) is 0.450. The number of aromatic amines is 1. The molecule has 2 aromatic heterocycles.